The average Bonchev–Trinajstić information content (AvgIpc) is 2.85. The Balaban J connectivity index is 1.60. The fourth-order valence-electron chi connectivity index (χ4n) is 2.22. The molecule has 1 aliphatic rings. The van der Waals surface area contributed by atoms with Gasteiger partial charge in [0.15, 0.2) is 0 Å². The second-order valence-electron chi connectivity index (χ2n) is 4.41. The van der Waals surface area contributed by atoms with Gasteiger partial charge in [-0.05, 0) is 25.8 Å². The second kappa shape index (κ2) is 5.26. The van der Waals surface area contributed by atoms with Crippen LogP contribution in [0, 0.1) is 12.8 Å². The lowest BCUT2D eigenvalue weighted by molar-refractivity contribution is 0.300. The third kappa shape index (κ3) is 3.02. The van der Waals surface area contributed by atoms with E-state index in [9.17, 15) is 0 Å². The van der Waals surface area contributed by atoms with Gasteiger partial charge in [-0.15, -0.1) is 0 Å². The van der Waals surface area contributed by atoms with Crippen LogP contribution in [0.1, 0.15) is 43.5 Å². The molecule has 0 saturated heterocycles. The average molecular weight is 209 g/mol. The van der Waals surface area contributed by atoms with Gasteiger partial charge >= 0.3 is 0 Å². The Morgan fingerprint density at radius 1 is 1.33 bits per heavy atom. The molecule has 0 aliphatic heterocycles. The predicted molar refractivity (Wildman–Crippen MR) is 57.3 cm³/mol. The zero-order valence-corrected chi connectivity index (χ0v) is 9.33. The van der Waals surface area contributed by atoms with Crippen LogP contribution in [-0.4, -0.2) is 16.9 Å². The maximum Gasteiger partial charge on any atom is 0.121 e. The number of nitrogens with zero attached hydrogens (tertiary/aromatic N) is 2. The molecule has 0 radical (unpaired) electrons. The number of aromatic nitrogens is 2. The first-order valence-electron chi connectivity index (χ1n) is 5.85. The minimum absolute atomic E-state index is 0.780. The largest absolute Gasteiger partial charge is 0.311 e. The Kier molecular flexibility index (Phi) is 3.72. The molecule has 0 bridgehead atoms. The number of nitrogens with one attached hydrogen (secondary N) is 1. The van der Waals surface area contributed by atoms with E-state index < -0.39 is 0 Å². The summed E-state index contributed by atoms with van der Waals surface area (Å²) in [5.74, 6) is 0.953. The first-order valence-corrected chi connectivity index (χ1v) is 5.85. The van der Waals surface area contributed by atoms with Gasteiger partial charge < -0.3 is 5.32 Å². The van der Waals surface area contributed by atoms with Crippen molar-refractivity contribution in [2.24, 2.45) is 5.92 Å². The van der Waals surface area contributed by atoms with Crippen molar-refractivity contribution >= 4 is 0 Å². The molecule has 4 nitrogen and oxygen atoms in total. The first-order chi connectivity index (χ1) is 7.36. The maximum atomic E-state index is 4.64. The third-order valence-corrected chi connectivity index (χ3v) is 3.24. The number of hydrogen-bond donors (Lipinski definition) is 1. The molecule has 1 saturated carbocycles. The van der Waals surface area contributed by atoms with Crippen molar-refractivity contribution in [1.29, 1.82) is 0 Å². The summed E-state index contributed by atoms with van der Waals surface area (Å²) in [7, 11) is 0. The van der Waals surface area contributed by atoms with Gasteiger partial charge in [-0.25, -0.2) is 4.63 Å². The molecular weight excluding hydrogens is 190 g/mol. The fourth-order valence-corrected chi connectivity index (χ4v) is 2.22. The summed E-state index contributed by atoms with van der Waals surface area (Å²) in [6.45, 7) is 3.78. The second-order valence-corrected chi connectivity index (χ2v) is 4.41. The first kappa shape index (κ1) is 10.6. The van der Waals surface area contributed by atoms with E-state index >= 15 is 0 Å². The van der Waals surface area contributed by atoms with Gasteiger partial charge in [-0.2, -0.15) is 0 Å². The monoisotopic (exact) mass is 209 g/mol. The topological polar surface area (TPSA) is 51.0 Å². The summed E-state index contributed by atoms with van der Waals surface area (Å²) >= 11 is 0. The molecule has 4 heteroatoms. The van der Waals surface area contributed by atoms with Crippen LogP contribution in [0.2, 0.25) is 0 Å². The van der Waals surface area contributed by atoms with Crippen LogP contribution in [0.25, 0.3) is 0 Å². The molecule has 15 heavy (non-hydrogen) atoms. The van der Waals surface area contributed by atoms with E-state index in [4.69, 9.17) is 0 Å². The van der Waals surface area contributed by atoms with Gasteiger partial charge in [0.2, 0.25) is 0 Å². The van der Waals surface area contributed by atoms with Crippen molar-refractivity contribution in [2.45, 2.75) is 45.6 Å². The SMILES string of the molecule is Cc1nonc1CNCCC1CCCC1. The van der Waals surface area contributed by atoms with Gasteiger partial charge in [-0.3, -0.25) is 0 Å². The van der Waals surface area contributed by atoms with Gasteiger partial charge in [-0.1, -0.05) is 36.0 Å². The summed E-state index contributed by atoms with van der Waals surface area (Å²) in [6, 6.07) is 0. The predicted octanol–water partition coefficient (Wildman–Crippen LogP) is 2.05. The lowest BCUT2D eigenvalue weighted by atomic mass is 10.0. The van der Waals surface area contributed by atoms with Crippen molar-refractivity contribution in [3.8, 4) is 0 Å². The lowest BCUT2D eigenvalue weighted by Crippen LogP contribution is -2.17. The number of hydrogen-bond acceptors (Lipinski definition) is 4. The molecule has 2 rings (SSSR count). The molecule has 0 unspecified atom stereocenters. The minimum Gasteiger partial charge on any atom is -0.311 e. The fraction of sp³-hybridized carbons (Fsp3) is 0.818. The van der Waals surface area contributed by atoms with Crippen LogP contribution < -0.4 is 5.32 Å². The molecule has 1 aromatic heterocycles. The lowest BCUT2D eigenvalue weighted by Gasteiger charge is -2.08. The molecule has 0 aromatic carbocycles. The van der Waals surface area contributed by atoms with Crippen LogP contribution in [-0.2, 0) is 6.54 Å². The van der Waals surface area contributed by atoms with Crippen molar-refractivity contribution in [3.63, 3.8) is 0 Å². The van der Waals surface area contributed by atoms with Gasteiger partial charge in [0.05, 0.1) is 0 Å². The standard InChI is InChI=1S/C11H19N3O/c1-9-11(14-15-13-9)8-12-7-6-10-4-2-3-5-10/h10,12H,2-8H2,1H3. The van der Waals surface area contributed by atoms with Crippen molar-refractivity contribution in [3.05, 3.63) is 11.4 Å². The molecule has 0 spiro atoms. The molecule has 1 N–H and O–H groups in total. The summed E-state index contributed by atoms with van der Waals surface area (Å²) in [5, 5.41) is 11.0. The van der Waals surface area contributed by atoms with E-state index in [0.29, 0.717) is 0 Å². The van der Waals surface area contributed by atoms with E-state index in [1.165, 1.54) is 32.1 Å². The Hall–Kier alpha value is -0.900. The van der Waals surface area contributed by atoms with Crippen LogP contribution >= 0.6 is 0 Å². The third-order valence-electron chi connectivity index (χ3n) is 3.24. The van der Waals surface area contributed by atoms with Crippen LogP contribution in [0.3, 0.4) is 0 Å². The molecule has 0 atom stereocenters. The highest BCUT2D eigenvalue weighted by Crippen LogP contribution is 2.26. The molecule has 1 fully saturated rings. The van der Waals surface area contributed by atoms with Crippen LogP contribution in [0.15, 0.2) is 4.63 Å². The summed E-state index contributed by atoms with van der Waals surface area (Å²) < 4.78 is 4.64. The number of rotatable bonds is 5. The Morgan fingerprint density at radius 3 is 2.80 bits per heavy atom. The molecule has 84 valence electrons. The Morgan fingerprint density at radius 2 is 2.13 bits per heavy atom. The summed E-state index contributed by atoms with van der Waals surface area (Å²) in [6.07, 6.45) is 7.00. The molecule has 1 aromatic rings. The van der Waals surface area contributed by atoms with E-state index in [1.807, 2.05) is 6.92 Å². The highest BCUT2D eigenvalue weighted by atomic mass is 16.6. The zero-order valence-electron chi connectivity index (χ0n) is 9.33. The quantitative estimate of drug-likeness (QED) is 0.754. The van der Waals surface area contributed by atoms with Crippen molar-refractivity contribution in [2.75, 3.05) is 6.54 Å². The van der Waals surface area contributed by atoms with E-state index in [1.54, 1.807) is 0 Å². The van der Waals surface area contributed by atoms with Crippen molar-refractivity contribution in [1.82, 2.24) is 15.6 Å². The normalized spacial score (nSPS) is 17.4. The molecule has 1 heterocycles. The van der Waals surface area contributed by atoms with Gasteiger partial charge in [0.1, 0.15) is 11.4 Å². The molecular formula is C11H19N3O. The summed E-state index contributed by atoms with van der Waals surface area (Å²) in [5.41, 5.74) is 1.82. The minimum atomic E-state index is 0.780. The van der Waals surface area contributed by atoms with Crippen molar-refractivity contribution < 1.29 is 4.63 Å². The zero-order chi connectivity index (χ0) is 10.5. The summed E-state index contributed by atoms with van der Waals surface area (Å²) in [4.78, 5) is 0. The highest BCUT2D eigenvalue weighted by Gasteiger charge is 2.14. The van der Waals surface area contributed by atoms with E-state index in [-0.39, 0.29) is 0 Å². The van der Waals surface area contributed by atoms with Crippen LogP contribution in [0.5, 0.6) is 0 Å². The number of aryl methyl sites for hydroxylation is 1. The van der Waals surface area contributed by atoms with Gasteiger partial charge in [0.25, 0.3) is 0 Å². The van der Waals surface area contributed by atoms with Gasteiger partial charge in [0, 0.05) is 6.54 Å². The Labute approximate surface area is 90.4 Å². The van der Waals surface area contributed by atoms with Crippen LogP contribution in [0.4, 0.5) is 0 Å². The maximum absolute atomic E-state index is 4.64. The van der Waals surface area contributed by atoms with E-state index in [2.05, 4.69) is 20.3 Å². The highest BCUT2D eigenvalue weighted by molar-refractivity contribution is 5.03. The Bertz CT molecular complexity index is 292. The molecule has 1 aliphatic carbocycles. The smallest absolute Gasteiger partial charge is 0.121 e. The van der Waals surface area contributed by atoms with E-state index in [0.717, 1.165) is 30.4 Å². The molecule has 0 amide bonds.